The average Bonchev–Trinajstić information content (AvgIpc) is 3.06. The number of benzene rings is 3. The number of para-hydroxylation sites is 1. The molecule has 1 amide bonds. The van der Waals surface area contributed by atoms with E-state index in [1.807, 2.05) is 47.4 Å². The van der Waals surface area contributed by atoms with Crippen LogP contribution >= 0.6 is 0 Å². The quantitative estimate of drug-likeness (QED) is 0.515. The molecule has 0 aliphatic carbocycles. The third-order valence-corrected chi connectivity index (χ3v) is 5.56. The number of aromatic amines is 1. The second-order valence-corrected chi connectivity index (χ2v) is 6.98. The molecule has 0 radical (unpaired) electrons. The highest BCUT2D eigenvalue weighted by molar-refractivity contribution is 6.03. The fourth-order valence-corrected chi connectivity index (χ4v) is 4.30. The van der Waals surface area contributed by atoms with E-state index in [9.17, 15) is 4.79 Å². The topological polar surface area (TPSA) is 45.3 Å². The average molecular weight is 340 g/mol. The largest absolute Gasteiger partial charge is 0.464 e. The molecule has 126 valence electrons. The van der Waals surface area contributed by atoms with Crippen LogP contribution in [0.1, 0.15) is 27.8 Å². The number of hydrogen-bond acceptors (Lipinski definition) is 2. The summed E-state index contributed by atoms with van der Waals surface area (Å²) in [7, 11) is 0. The first-order chi connectivity index (χ1) is 12.8. The first kappa shape index (κ1) is 14.0. The number of H-pyrrole nitrogens is 1. The van der Waals surface area contributed by atoms with E-state index in [4.69, 9.17) is 4.74 Å². The third kappa shape index (κ3) is 1.76. The number of rotatable bonds is 0. The fourth-order valence-electron chi connectivity index (χ4n) is 4.30. The Morgan fingerprint density at radius 2 is 1.77 bits per heavy atom. The SMILES string of the molecule is O=C1c2cc3ccccc3cc2OC2c3[nH]c4ccccc4c3CCN12. The highest BCUT2D eigenvalue weighted by Gasteiger charge is 2.40. The Morgan fingerprint density at radius 1 is 1.00 bits per heavy atom. The maximum atomic E-state index is 13.2. The lowest BCUT2D eigenvalue weighted by atomic mass is 9.98. The van der Waals surface area contributed by atoms with E-state index in [2.05, 4.69) is 23.2 Å². The molecule has 6 rings (SSSR count). The molecule has 0 saturated carbocycles. The van der Waals surface area contributed by atoms with Crippen LogP contribution in [0.15, 0.2) is 60.7 Å². The zero-order valence-electron chi connectivity index (χ0n) is 14.0. The molecule has 1 atom stereocenters. The van der Waals surface area contributed by atoms with Crippen LogP contribution in [0.25, 0.3) is 21.7 Å². The molecule has 2 aliphatic heterocycles. The molecule has 1 unspecified atom stereocenters. The van der Waals surface area contributed by atoms with Crippen molar-refractivity contribution in [1.82, 2.24) is 9.88 Å². The molecule has 3 heterocycles. The molecule has 0 bridgehead atoms. The van der Waals surface area contributed by atoms with Crippen molar-refractivity contribution < 1.29 is 9.53 Å². The van der Waals surface area contributed by atoms with Crippen LogP contribution in [0, 0.1) is 0 Å². The molecule has 1 N–H and O–H groups in total. The van der Waals surface area contributed by atoms with E-state index < -0.39 is 0 Å². The van der Waals surface area contributed by atoms with Crippen LogP contribution in [-0.4, -0.2) is 22.3 Å². The summed E-state index contributed by atoms with van der Waals surface area (Å²) < 4.78 is 6.34. The number of carbonyl (C=O) groups is 1. The summed E-state index contributed by atoms with van der Waals surface area (Å²) in [6, 6.07) is 20.3. The van der Waals surface area contributed by atoms with Gasteiger partial charge in [-0.15, -0.1) is 0 Å². The molecule has 4 aromatic rings. The van der Waals surface area contributed by atoms with Gasteiger partial charge in [0.05, 0.1) is 11.3 Å². The Kier molecular flexibility index (Phi) is 2.62. The van der Waals surface area contributed by atoms with Gasteiger partial charge in [0.1, 0.15) is 5.75 Å². The Hall–Kier alpha value is -3.27. The summed E-state index contributed by atoms with van der Waals surface area (Å²) in [5.41, 5.74) is 4.02. The van der Waals surface area contributed by atoms with Gasteiger partial charge in [-0.2, -0.15) is 0 Å². The number of nitrogens with one attached hydrogen (secondary N) is 1. The predicted molar refractivity (Wildman–Crippen MR) is 100 cm³/mol. The first-order valence-corrected chi connectivity index (χ1v) is 8.89. The van der Waals surface area contributed by atoms with Crippen LogP contribution < -0.4 is 4.74 Å². The van der Waals surface area contributed by atoms with Crippen molar-refractivity contribution in [2.75, 3.05) is 6.54 Å². The van der Waals surface area contributed by atoms with Gasteiger partial charge < -0.3 is 9.72 Å². The van der Waals surface area contributed by atoms with Crippen molar-refractivity contribution in [3.8, 4) is 5.75 Å². The number of amides is 1. The fraction of sp³-hybridized carbons (Fsp3) is 0.136. The predicted octanol–water partition coefficient (Wildman–Crippen LogP) is 4.41. The Bertz CT molecular complexity index is 1210. The highest BCUT2D eigenvalue weighted by atomic mass is 16.5. The van der Waals surface area contributed by atoms with Crippen molar-refractivity contribution in [2.45, 2.75) is 12.6 Å². The van der Waals surface area contributed by atoms with Gasteiger partial charge in [0, 0.05) is 17.4 Å². The highest BCUT2D eigenvalue weighted by Crippen LogP contribution is 2.42. The van der Waals surface area contributed by atoms with Gasteiger partial charge >= 0.3 is 0 Å². The Labute approximate surface area is 150 Å². The van der Waals surface area contributed by atoms with Crippen molar-refractivity contribution >= 4 is 27.6 Å². The first-order valence-electron chi connectivity index (χ1n) is 8.89. The molecule has 0 spiro atoms. The van der Waals surface area contributed by atoms with E-state index in [1.54, 1.807) is 0 Å². The minimum absolute atomic E-state index is 0.0475. The molecule has 2 aliphatic rings. The van der Waals surface area contributed by atoms with Crippen LogP contribution in [-0.2, 0) is 6.42 Å². The van der Waals surface area contributed by atoms with Gasteiger partial charge in [0.25, 0.3) is 5.91 Å². The number of carbonyl (C=O) groups excluding carboxylic acids is 1. The van der Waals surface area contributed by atoms with Gasteiger partial charge in [-0.05, 0) is 41.0 Å². The van der Waals surface area contributed by atoms with E-state index in [-0.39, 0.29) is 12.1 Å². The zero-order valence-corrected chi connectivity index (χ0v) is 14.0. The minimum Gasteiger partial charge on any atom is -0.464 e. The van der Waals surface area contributed by atoms with E-state index in [0.29, 0.717) is 17.9 Å². The summed E-state index contributed by atoms with van der Waals surface area (Å²) in [6.07, 6.45) is 0.459. The second kappa shape index (κ2) is 4.88. The molecule has 0 fully saturated rings. The summed E-state index contributed by atoms with van der Waals surface area (Å²) in [5, 5.41) is 3.37. The maximum absolute atomic E-state index is 13.2. The Balaban J connectivity index is 1.55. The monoisotopic (exact) mass is 340 g/mol. The van der Waals surface area contributed by atoms with Crippen molar-refractivity contribution in [3.05, 3.63) is 77.5 Å². The lowest BCUT2D eigenvalue weighted by Crippen LogP contribution is -2.45. The van der Waals surface area contributed by atoms with Crippen LogP contribution in [0.4, 0.5) is 0 Å². The van der Waals surface area contributed by atoms with Crippen molar-refractivity contribution in [2.24, 2.45) is 0 Å². The molecule has 4 heteroatoms. The molecule has 1 aromatic heterocycles. The second-order valence-electron chi connectivity index (χ2n) is 6.98. The molecule has 26 heavy (non-hydrogen) atoms. The number of hydrogen-bond donors (Lipinski definition) is 1. The van der Waals surface area contributed by atoms with Gasteiger partial charge in [0.2, 0.25) is 6.23 Å². The lowest BCUT2D eigenvalue weighted by molar-refractivity contribution is 0.00215. The van der Waals surface area contributed by atoms with Gasteiger partial charge in [-0.25, -0.2) is 0 Å². The van der Waals surface area contributed by atoms with Crippen molar-refractivity contribution in [3.63, 3.8) is 0 Å². The Morgan fingerprint density at radius 3 is 2.65 bits per heavy atom. The number of ether oxygens (including phenoxy) is 1. The summed E-state index contributed by atoms with van der Waals surface area (Å²) in [6.45, 7) is 0.671. The molecular formula is C22H16N2O2. The van der Waals surface area contributed by atoms with E-state index >= 15 is 0 Å². The van der Waals surface area contributed by atoms with Crippen LogP contribution in [0.3, 0.4) is 0 Å². The van der Waals surface area contributed by atoms with Crippen molar-refractivity contribution in [1.29, 1.82) is 0 Å². The zero-order chi connectivity index (χ0) is 17.3. The standard InChI is InChI=1S/C22H16N2O2/c25-21-17-11-13-5-1-2-6-14(13)12-19(17)26-22-20-16(9-10-24(21)22)15-7-3-4-8-18(15)23-20/h1-8,11-12,22-23H,9-10H2. The third-order valence-electron chi connectivity index (χ3n) is 5.56. The van der Waals surface area contributed by atoms with Gasteiger partial charge in [0.15, 0.2) is 0 Å². The molecule has 0 saturated heterocycles. The summed E-state index contributed by atoms with van der Waals surface area (Å²) in [4.78, 5) is 18.5. The minimum atomic E-state index is -0.382. The molecular weight excluding hydrogens is 324 g/mol. The number of fused-ring (bicyclic) bond motifs is 7. The van der Waals surface area contributed by atoms with Crippen LogP contribution in [0.2, 0.25) is 0 Å². The number of nitrogens with zero attached hydrogens (tertiary/aromatic N) is 1. The summed E-state index contributed by atoms with van der Waals surface area (Å²) >= 11 is 0. The smallest absolute Gasteiger partial charge is 0.260 e. The van der Waals surface area contributed by atoms with E-state index in [0.717, 1.165) is 28.4 Å². The molecule has 3 aromatic carbocycles. The number of aromatic nitrogens is 1. The van der Waals surface area contributed by atoms with Gasteiger partial charge in [-0.1, -0.05) is 42.5 Å². The maximum Gasteiger partial charge on any atom is 0.260 e. The summed E-state index contributed by atoms with van der Waals surface area (Å²) in [5.74, 6) is 0.716. The molecule has 4 nitrogen and oxygen atoms in total. The van der Waals surface area contributed by atoms with E-state index in [1.165, 1.54) is 10.9 Å². The lowest BCUT2D eigenvalue weighted by Gasteiger charge is -2.39. The van der Waals surface area contributed by atoms with Crippen LogP contribution in [0.5, 0.6) is 5.75 Å². The normalized spacial score (nSPS) is 18.4. The van der Waals surface area contributed by atoms with Gasteiger partial charge in [-0.3, -0.25) is 9.69 Å².